The van der Waals surface area contributed by atoms with Crippen molar-refractivity contribution in [2.45, 2.75) is 58.5 Å². The molecule has 0 saturated carbocycles. The van der Waals surface area contributed by atoms with E-state index in [1.807, 2.05) is 0 Å². The van der Waals surface area contributed by atoms with E-state index in [-0.39, 0.29) is 11.6 Å². The molecular weight excluding hydrogens is 246 g/mol. The lowest BCUT2D eigenvalue weighted by Crippen LogP contribution is -2.59. The molecule has 3 N–H and O–H groups in total. The average molecular weight is 275 g/mol. The topological polar surface area (TPSA) is 41.3 Å². The minimum atomic E-state index is 0.0833. The van der Waals surface area contributed by atoms with Crippen LogP contribution in [-0.4, -0.2) is 29.6 Å². The largest absolute Gasteiger partial charge is 0.297 e. The maximum Gasteiger partial charge on any atom is 0.0429 e. The molecule has 1 aromatic carbocycles. The molecule has 3 heteroatoms. The van der Waals surface area contributed by atoms with E-state index < -0.39 is 0 Å². The van der Waals surface area contributed by atoms with Gasteiger partial charge in [-0.1, -0.05) is 18.2 Å². The van der Waals surface area contributed by atoms with Crippen LogP contribution in [0.3, 0.4) is 0 Å². The molecule has 0 radical (unpaired) electrons. The summed E-state index contributed by atoms with van der Waals surface area (Å²) in [5.74, 6) is 5.90. The average Bonchev–Trinajstić information content (AvgIpc) is 2.92. The molecule has 0 aliphatic carbocycles. The van der Waals surface area contributed by atoms with E-state index in [1.165, 1.54) is 42.6 Å². The van der Waals surface area contributed by atoms with E-state index in [0.717, 1.165) is 6.42 Å². The molecule has 1 fully saturated rings. The van der Waals surface area contributed by atoms with E-state index in [0.29, 0.717) is 0 Å². The zero-order chi connectivity index (χ0) is 14.8. The molecular formula is C17H29N3. The number of nitrogens with one attached hydrogen (secondary N) is 1. The summed E-state index contributed by atoms with van der Waals surface area (Å²) >= 11 is 0. The zero-order valence-electron chi connectivity index (χ0n) is 13.4. The van der Waals surface area contributed by atoms with Gasteiger partial charge >= 0.3 is 0 Å². The first-order chi connectivity index (χ1) is 9.46. The Morgan fingerprint density at radius 3 is 2.25 bits per heavy atom. The van der Waals surface area contributed by atoms with Crippen molar-refractivity contribution in [1.29, 1.82) is 0 Å². The van der Waals surface area contributed by atoms with Gasteiger partial charge in [0.25, 0.3) is 0 Å². The van der Waals surface area contributed by atoms with Crippen molar-refractivity contribution in [3.8, 4) is 0 Å². The predicted molar refractivity (Wildman–Crippen MR) is 85.6 cm³/mol. The van der Waals surface area contributed by atoms with Gasteiger partial charge in [-0.3, -0.25) is 16.2 Å². The normalized spacial score (nSPS) is 18.4. The van der Waals surface area contributed by atoms with E-state index in [9.17, 15) is 0 Å². The van der Waals surface area contributed by atoms with Crippen LogP contribution in [0.5, 0.6) is 0 Å². The number of hydrogen-bond donors (Lipinski definition) is 2. The van der Waals surface area contributed by atoms with Gasteiger partial charge in [0.15, 0.2) is 0 Å². The third-order valence-corrected chi connectivity index (χ3v) is 5.03. The maximum absolute atomic E-state index is 5.90. The Bertz CT molecular complexity index is 427. The summed E-state index contributed by atoms with van der Waals surface area (Å²) in [6.45, 7) is 11.4. The van der Waals surface area contributed by atoms with E-state index in [1.54, 1.807) is 0 Å². The Balaban J connectivity index is 2.20. The van der Waals surface area contributed by atoms with Crippen molar-refractivity contribution < 1.29 is 0 Å². The number of aryl methyl sites for hydroxylation is 2. The van der Waals surface area contributed by atoms with Crippen LogP contribution in [0.15, 0.2) is 18.2 Å². The number of benzene rings is 1. The minimum absolute atomic E-state index is 0.0833. The van der Waals surface area contributed by atoms with Crippen LogP contribution in [-0.2, 0) is 6.42 Å². The summed E-state index contributed by atoms with van der Waals surface area (Å²) in [6, 6.07) is 6.78. The molecule has 0 amide bonds. The Morgan fingerprint density at radius 1 is 1.20 bits per heavy atom. The summed E-state index contributed by atoms with van der Waals surface area (Å²) in [4.78, 5) is 2.57. The smallest absolute Gasteiger partial charge is 0.0429 e. The van der Waals surface area contributed by atoms with Crippen LogP contribution in [0, 0.1) is 13.8 Å². The van der Waals surface area contributed by atoms with Crippen molar-refractivity contribution in [3.63, 3.8) is 0 Å². The fourth-order valence-electron chi connectivity index (χ4n) is 3.40. The van der Waals surface area contributed by atoms with Crippen LogP contribution in [0.25, 0.3) is 0 Å². The maximum atomic E-state index is 5.90. The van der Waals surface area contributed by atoms with Crippen molar-refractivity contribution in [2.75, 3.05) is 13.1 Å². The van der Waals surface area contributed by atoms with Crippen molar-refractivity contribution in [2.24, 2.45) is 5.84 Å². The number of rotatable bonds is 5. The van der Waals surface area contributed by atoms with Crippen LogP contribution >= 0.6 is 0 Å². The summed E-state index contributed by atoms with van der Waals surface area (Å²) in [5, 5.41) is 0. The van der Waals surface area contributed by atoms with Crippen LogP contribution < -0.4 is 11.3 Å². The molecule has 0 bridgehead atoms. The van der Waals surface area contributed by atoms with Gasteiger partial charge in [-0.25, -0.2) is 0 Å². The first kappa shape index (κ1) is 15.5. The number of hydrogen-bond acceptors (Lipinski definition) is 3. The lowest BCUT2D eigenvalue weighted by Gasteiger charge is -2.42. The molecule has 1 aliphatic heterocycles. The minimum Gasteiger partial charge on any atom is -0.297 e. The molecule has 1 heterocycles. The number of hydrazine groups is 1. The molecule has 1 unspecified atom stereocenters. The highest BCUT2D eigenvalue weighted by molar-refractivity contribution is 5.34. The van der Waals surface area contributed by atoms with Crippen molar-refractivity contribution in [3.05, 3.63) is 34.9 Å². The first-order valence-electron chi connectivity index (χ1n) is 7.73. The van der Waals surface area contributed by atoms with Gasteiger partial charge in [0, 0.05) is 11.6 Å². The number of nitrogens with zero attached hydrogens (tertiary/aromatic N) is 1. The lowest BCUT2D eigenvalue weighted by atomic mass is 9.85. The fraction of sp³-hybridized carbons (Fsp3) is 0.647. The molecule has 0 aromatic heterocycles. The van der Waals surface area contributed by atoms with Gasteiger partial charge in [0.1, 0.15) is 0 Å². The van der Waals surface area contributed by atoms with Gasteiger partial charge in [-0.2, -0.15) is 0 Å². The van der Waals surface area contributed by atoms with E-state index in [4.69, 9.17) is 5.84 Å². The van der Waals surface area contributed by atoms with Gasteiger partial charge in [-0.15, -0.1) is 0 Å². The highest BCUT2D eigenvalue weighted by Gasteiger charge is 2.36. The van der Waals surface area contributed by atoms with Crippen LogP contribution in [0.1, 0.15) is 43.4 Å². The molecule has 1 aliphatic rings. The highest BCUT2D eigenvalue weighted by atomic mass is 15.3. The summed E-state index contributed by atoms with van der Waals surface area (Å²) in [7, 11) is 0. The third-order valence-electron chi connectivity index (χ3n) is 5.03. The number of nitrogens with two attached hydrogens (primary N) is 1. The lowest BCUT2D eigenvalue weighted by molar-refractivity contribution is 0.106. The fourth-order valence-corrected chi connectivity index (χ4v) is 3.40. The third kappa shape index (κ3) is 3.05. The molecule has 1 aromatic rings. The quantitative estimate of drug-likeness (QED) is 0.641. The monoisotopic (exact) mass is 275 g/mol. The second-order valence-electron chi connectivity index (χ2n) is 6.64. The molecule has 2 rings (SSSR count). The van der Waals surface area contributed by atoms with Gasteiger partial charge < -0.3 is 0 Å². The number of likely N-dealkylation sites (tertiary alicyclic amines) is 1. The van der Waals surface area contributed by atoms with Gasteiger partial charge in [-0.05, 0) is 76.7 Å². The first-order valence-corrected chi connectivity index (χ1v) is 7.73. The molecule has 20 heavy (non-hydrogen) atoms. The van der Waals surface area contributed by atoms with Crippen molar-refractivity contribution in [1.82, 2.24) is 10.3 Å². The van der Waals surface area contributed by atoms with Gasteiger partial charge in [0.05, 0.1) is 0 Å². The van der Waals surface area contributed by atoms with Crippen LogP contribution in [0.2, 0.25) is 0 Å². The Kier molecular flexibility index (Phi) is 4.84. The molecule has 112 valence electrons. The summed E-state index contributed by atoms with van der Waals surface area (Å²) in [5.41, 5.74) is 7.32. The Labute approximate surface area is 123 Å². The Hall–Kier alpha value is -0.900. The van der Waals surface area contributed by atoms with E-state index in [2.05, 4.69) is 56.2 Å². The van der Waals surface area contributed by atoms with E-state index >= 15 is 0 Å². The van der Waals surface area contributed by atoms with Gasteiger partial charge in [0.2, 0.25) is 0 Å². The molecule has 3 nitrogen and oxygen atoms in total. The summed E-state index contributed by atoms with van der Waals surface area (Å²) in [6.07, 6.45) is 3.60. The summed E-state index contributed by atoms with van der Waals surface area (Å²) < 4.78 is 0. The highest BCUT2D eigenvalue weighted by Crippen LogP contribution is 2.27. The second kappa shape index (κ2) is 6.25. The molecule has 1 saturated heterocycles. The second-order valence-corrected chi connectivity index (χ2v) is 6.64. The Morgan fingerprint density at radius 2 is 1.75 bits per heavy atom. The zero-order valence-corrected chi connectivity index (χ0v) is 13.4. The molecule has 1 atom stereocenters. The molecule has 0 spiro atoms. The standard InChI is InChI=1S/C17H29N3/c1-13-8-7-9-14(2)15(13)12-16(19-18)17(3,4)20-10-5-6-11-20/h7-9,16,19H,5-6,10-12,18H2,1-4H3. The predicted octanol–water partition coefficient (Wildman–Crippen LogP) is 2.55. The van der Waals surface area contributed by atoms with Crippen LogP contribution in [0.4, 0.5) is 0 Å². The SMILES string of the molecule is Cc1cccc(C)c1CC(NN)C(C)(C)N1CCCC1. The van der Waals surface area contributed by atoms with Crippen molar-refractivity contribution >= 4 is 0 Å².